The van der Waals surface area contributed by atoms with Crippen LogP contribution < -0.4 is 39.3 Å². The van der Waals surface area contributed by atoms with Crippen molar-refractivity contribution in [2.45, 2.75) is 162 Å². The summed E-state index contributed by atoms with van der Waals surface area (Å²) in [6, 6.07) is 0. The first-order valence-electron chi connectivity index (χ1n) is 23.2. The molecular weight excluding hydrogens is 717 g/mol. The van der Waals surface area contributed by atoms with Gasteiger partial charge in [0.25, 0.3) is 0 Å². The van der Waals surface area contributed by atoms with E-state index in [1.165, 1.54) is 70.6 Å². The SMILES string of the molecule is CCCCCCCCNCCC[C@@H](C)[C@H]1CC[C@H]2[C@@H]3[C@H](OCCCN=C(N)N)C[C@@H]4C[C@H](OCCCNC(=N)N)CC[C@]4(C)[C@H]3C[C@H](OCCCN=C(N)N)[C@]12C. The van der Waals surface area contributed by atoms with E-state index in [9.17, 15) is 0 Å². The lowest BCUT2D eigenvalue weighted by atomic mass is 9.43. The highest BCUT2D eigenvalue weighted by molar-refractivity contribution is 5.76. The highest BCUT2D eigenvalue weighted by atomic mass is 16.5. The molecule has 13 heteroatoms. The smallest absolute Gasteiger partial charge is 0.185 e. The molecule has 0 aliphatic heterocycles. The van der Waals surface area contributed by atoms with Crippen molar-refractivity contribution in [1.82, 2.24) is 10.6 Å². The van der Waals surface area contributed by atoms with Gasteiger partial charge in [-0.3, -0.25) is 15.4 Å². The lowest BCUT2D eigenvalue weighted by Crippen LogP contribution is -2.63. The highest BCUT2D eigenvalue weighted by Crippen LogP contribution is 2.69. The molecule has 330 valence electrons. The summed E-state index contributed by atoms with van der Waals surface area (Å²) in [5.41, 5.74) is 28.4. The van der Waals surface area contributed by atoms with Crippen LogP contribution in [-0.4, -0.2) is 88.7 Å². The van der Waals surface area contributed by atoms with Gasteiger partial charge >= 0.3 is 0 Å². The number of nitrogens with one attached hydrogen (secondary N) is 3. The molecule has 4 aliphatic rings. The van der Waals surface area contributed by atoms with Crippen LogP contribution in [-0.2, 0) is 14.2 Å². The average Bonchev–Trinajstić information content (AvgIpc) is 3.53. The van der Waals surface area contributed by atoms with Crippen LogP contribution >= 0.6 is 0 Å². The Hall–Kier alpha value is -2.35. The molecule has 0 unspecified atom stereocenters. The predicted octanol–water partition coefficient (Wildman–Crippen LogP) is 5.59. The minimum atomic E-state index is 0.0126. The fourth-order valence-corrected chi connectivity index (χ4v) is 12.1. The normalized spacial score (nSPS) is 32.4. The molecule has 0 bridgehead atoms. The summed E-state index contributed by atoms with van der Waals surface area (Å²) in [6.07, 6.45) is 21.6. The van der Waals surface area contributed by atoms with Crippen molar-refractivity contribution < 1.29 is 14.2 Å². The third-order valence-electron chi connectivity index (χ3n) is 15.0. The van der Waals surface area contributed by atoms with Crippen LogP contribution in [0.5, 0.6) is 0 Å². The molecule has 0 radical (unpaired) electrons. The van der Waals surface area contributed by atoms with Crippen LogP contribution in [0.2, 0.25) is 0 Å². The summed E-state index contributed by atoms with van der Waals surface area (Å²) in [7, 11) is 0. The van der Waals surface area contributed by atoms with Crippen LogP contribution in [0.4, 0.5) is 0 Å². The number of hydrogen-bond donors (Lipinski definition) is 8. The summed E-state index contributed by atoms with van der Waals surface area (Å²) in [4.78, 5) is 8.52. The van der Waals surface area contributed by atoms with Gasteiger partial charge in [-0.25, -0.2) is 0 Å². The Morgan fingerprint density at radius 2 is 1.40 bits per heavy atom. The molecule has 4 rings (SSSR count). The lowest BCUT2D eigenvalue weighted by Gasteiger charge is -2.65. The number of aliphatic imine (C=N–C) groups is 2. The van der Waals surface area contributed by atoms with E-state index in [0.29, 0.717) is 75.0 Å². The molecule has 0 amide bonds. The molecule has 57 heavy (non-hydrogen) atoms. The minimum Gasteiger partial charge on any atom is -0.378 e. The van der Waals surface area contributed by atoms with Crippen LogP contribution in [0.3, 0.4) is 0 Å². The van der Waals surface area contributed by atoms with Crippen LogP contribution in [0.25, 0.3) is 0 Å². The number of unbranched alkanes of at least 4 members (excludes halogenated alkanes) is 5. The van der Waals surface area contributed by atoms with Gasteiger partial charge in [0, 0.05) is 44.9 Å². The van der Waals surface area contributed by atoms with E-state index in [0.717, 1.165) is 58.0 Å². The molecule has 0 aromatic carbocycles. The van der Waals surface area contributed by atoms with E-state index in [-0.39, 0.29) is 47.0 Å². The van der Waals surface area contributed by atoms with Crippen molar-refractivity contribution in [2.24, 2.45) is 85.0 Å². The number of rotatable bonds is 27. The standard InChI is InChI=1S/C44H86N10O3/c1-5-6-7-8-9-10-20-51-21-11-15-31(2)34-16-17-35-39-36(30-38(44(34,35)4)57-27-14-24-54-42(49)50)43(3)19-18-33(55-25-12-22-52-40(45)46)28-32(43)29-37(39)56-26-13-23-53-41(47)48/h31-39,51H,5-30H2,1-4H3,(H4,45,46,52)(H4,47,48,53)(H4,49,50,54)/t31-,32+,33-,34-,35+,36+,37-,38+,39+,43+,44-/m1/s1. The number of guanidine groups is 3. The van der Waals surface area contributed by atoms with Crippen molar-refractivity contribution >= 4 is 17.9 Å². The topological polar surface area (TPSA) is 230 Å². The van der Waals surface area contributed by atoms with Crippen LogP contribution in [0.1, 0.15) is 143 Å². The molecule has 13 N–H and O–H groups in total. The van der Waals surface area contributed by atoms with Gasteiger partial charge in [0.05, 0.1) is 18.3 Å². The third-order valence-corrected chi connectivity index (χ3v) is 15.0. The van der Waals surface area contributed by atoms with Crippen molar-refractivity contribution in [3.63, 3.8) is 0 Å². The number of nitrogens with zero attached hydrogens (tertiary/aromatic N) is 2. The average molecular weight is 803 g/mol. The van der Waals surface area contributed by atoms with E-state index in [2.05, 4.69) is 48.3 Å². The van der Waals surface area contributed by atoms with Crippen molar-refractivity contribution in [2.75, 3.05) is 52.5 Å². The lowest BCUT2D eigenvalue weighted by molar-refractivity contribution is -0.227. The van der Waals surface area contributed by atoms with Crippen molar-refractivity contribution in [3.05, 3.63) is 0 Å². The van der Waals surface area contributed by atoms with E-state index in [1.54, 1.807) is 0 Å². The molecule has 0 heterocycles. The largest absolute Gasteiger partial charge is 0.378 e. The Morgan fingerprint density at radius 1 is 0.737 bits per heavy atom. The first kappa shape index (κ1) is 47.3. The monoisotopic (exact) mass is 803 g/mol. The fourth-order valence-electron chi connectivity index (χ4n) is 12.1. The zero-order chi connectivity index (χ0) is 41.3. The van der Waals surface area contributed by atoms with E-state index in [1.807, 2.05) is 0 Å². The second kappa shape index (κ2) is 24.0. The second-order valence-electron chi connectivity index (χ2n) is 18.7. The molecule has 0 saturated heterocycles. The number of fused-ring (bicyclic) bond motifs is 5. The maximum absolute atomic E-state index is 7.45. The number of nitrogens with two attached hydrogens (primary N) is 5. The van der Waals surface area contributed by atoms with E-state index >= 15 is 0 Å². The zero-order valence-electron chi connectivity index (χ0n) is 36.6. The highest BCUT2D eigenvalue weighted by Gasteiger charge is 2.66. The summed E-state index contributed by atoms with van der Waals surface area (Å²) in [6.45, 7) is 16.1. The molecule has 4 aliphatic carbocycles. The molecule has 0 aromatic rings. The van der Waals surface area contributed by atoms with Gasteiger partial charge < -0.3 is 53.5 Å². The summed E-state index contributed by atoms with van der Waals surface area (Å²) in [5.74, 6) is 3.60. The molecular formula is C44H86N10O3. The Kier molecular flexibility index (Phi) is 20.0. The van der Waals surface area contributed by atoms with E-state index < -0.39 is 0 Å². The molecule has 4 saturated carbocycles. The van der Waals surface area contributed by atoms with Crippen molar-refractivity contribution in [3.8, 4) is 0 Å². The summed E-state index contributed by atoms with van der Waals surface area (Å²) >= 11 is 0. The van der Waals surface area contributed by atoms with Crippen LogP contribution in [0.15, 0.2) is 9.98 Å². The van der Waals surface area contributed by atoms with Gasteiger partial charge in [0.2, 0.25) is 0 Å². The molecule has 13 nitrogen and oxygen atoms in total. The van der Waals surface area contributed by atoms with Gasteiger partial charge in [-0.15, -0.1) is 0 Å². The molecule has 4 fully saturated rings. The fraction of sp³-hybridized carbons (Fsp3) is 0.932. The summed E-state index contributed by atoms with van der Waals surface area (Å²) < 4.78 is 20.7. The van der Waals surface area contributed by atoms with Gasteiger partial charge in [0.1, 0.15) is 0 Å². The van der Waals surface area contributed by atoms with Gasteiger partial charge in [-0.05, 0) is 137 Å². The Labute approximate surface area is 346 Å². The summed E-state index contributed by atoms with van der Waals surface area (Å²) in [5, 5.41) is 14.1. The van der Waals surface area contributed by atoms with Gasteiger partial charge in [0.15, 0.2) is 17.9 Å². The number of hydrogen-bond acceptors (Lipinski definition) is 7. The maximum Gasteiger partial charge on any atom is 0.185 e. The predicted molar refractivity (Wildman–Crippen MR) is 235 cm³/mol. The minimum absolute atomic E-state index is 0.0126. The second-order valence-corrected chi connectivity index (χ2v) is 18.7. The Bertz CT molecular complexity index is 1230. The molecule has 11 atom stereocenters. The third kappa shape index (κ3) is 13.6. The first-order chi connectivity index (χ1) is 27.4. The van der Waals surface area contributed by atoms with Crippen LogP contribution in [0, 0.1) is 51.7 Å². The zero-order valence-corrected chi connectivity index (χ0v) is 36.6. The van der Waals surface area contributed by atoms with Crippen molar-refractivity contribution in [1.29, 1.82) is 5.41 Å². The molecule has 0 aromatic heterocycles. The molecule has 0 spiro atoms. The van der Waals surface area contributed by atoms with Gasteiger partial charge in [-0.2, -0.15) is 0 Å². The Balaban J connectivity index is 1.50. The quantitative estimate of drug-likeness (QED) is 0.0292. The maximum atomic E-state index is 7.45. The van der Waals surface area contributed by atoms with E-state index in [4.69, 9.17) is 48.3 Å². The Morgan fingerprint density at radius 3 is 2.11 bits per heavy atom. The first-order valence-corrected chi connectivity index (χ1v) is 23.2. The number of ether oxygens (including phenoxy) is 3. The van der Waals surface area contributed by atoms with Gasteiger partial charge in [-0.1, -0.05) is 59.8 Å².